The Bertz CT molecular complexity index is 1260. The van der Waals surface area contributed by atoms with E-state index in [0.717, 1.165) is 21.8 Å². The molecule has 0 saturated heterocycles. The molecule has 0 bridgehead atoms. The second-order valence-electron chi connectivity index (χ2n) is 9.32. The van der Waals surface area contributed by atoms with Crippen molar-refractivity contribution in [2.45, 2.75) is 43.4 Å². The monoisotopic (exact) mass is 522 g/mol. The minimum Gasteiger partial charge on any atom is -0.257 e. The summed E-state index contributed by atoms with van der Waals surface area (Å²) in [5, 5.41) is 20.5. The molecule has 5 rings (SSSR count). The Labute approximate surface area is 217 Å². The molecule has 3 nitrogen and oxygen atoms in total. The Morgan fingerprint density at radius 2 is 1.56 bits per heavy atom. The number of hydroxylamine groups is 2. The number of hydrogen-bond acceptors (Lipinski definition) is 5. The molecule has 0 amide bonds. The zero-order valence-electron chi connectivity index (χ0n) is 19.5. The van der Waals surface area contributed by atoms with Crippen molar-refractivity contribution in [1.29, 1.82) is 0 Å². The lowest BCUT2D eigenvalue weighted by Crippen LogP contribution is -2.50. The molecule has 0 N–H and O–H groups in total. The number of aliphatic imine (C=N–C) groups is 1. The van der Waals surface area contributed by atoms with Gasteiger partial charge in [-0.2, -0.15) is 5.06 Å². The van der Waals surface area contributed by atoms with Crippen LogP contribution in [0.2, 0.25) is 0 Å². The van der Waals surface area contributed by atoms with E-state index in [1.165, 1.54) is 14.7 Å². The first kappa shape index (κ1) is 23.8. The maximum Gasteiger partial charge on any atom is 0.277 e. The third kappa shape index (κ3) is 4.52. The second kappa shape index (κ2) is 9.28. The van der Waals surface area contributed by atoms with Gasteiger partial charge >= 0.3 is 0 Å². The fourth-order valence-corrected chi connectivity index (χ4v) is 8.66. The molecule has 0 aliphatic carbocycles. The third-order valence-electron chi connectivity index (χ3n) is 6.56. The van der Waals surface area contributed by atoms with E-state index < -0.39 is 11.1 Å². The topological polar surface area (TPSA) is 35.5 Å². The molecular weight excluding hydrogens is 497 g/mol. The summed E-state index contributed by atoms with van der Waals surface area (Å²) in [5.41, 5.74) is 3.39. The highest BCUT2D eigenvalue weighted by Gasteiger charge is 2.50. The number of rotatable bonds is 5. The van der Waals surface area contributed by atoms with Gasteiger partial charge in [0, 0.05) is 10.5 Å². The predicted molar refractivity (Wildman–Crippen MR) is 152 cm³/mol. The van der Waals surface area contributed by atoms with Crippen molar-refractivity contribution in [3.8, 4) is 0 Å². The number of benzene rings is 2. The summed E-state index contributed by atoms with van der Waals surface area (Å²) >= 11 is 7.53. The van der Waals surface area contributed by atoms with Crippen molar-refractivity contribution in [1.82, 2.24) is 5.06 Å². The van der Waals surface area contributed by atoms with Crippen LogP contribution in [0.5, 0.6) is 0 Å². The normalized spacial score (nSPS) is 21.2. The van der Waals surface area contributed by atoms with E-state index in [2.05, 4.69) is 52.6 Å². The Hall–Kier alpha value is -1.90. The second-order valence-corrected chi connectivity index (χ2v) is 13.9. The lowest BCUT2D eigenvalue weighted by atomic mass is 9.84. The molecule has 2 aromatic carbocycles. The number of hydrogen-bond donors (Lipinski definition) is 0. The molecule has 7 heteroatoms. The highest BCUT2D eigenvalue weighted by molar-refractivity contribution is 8.25. The van der Waals surface area contributed by atoms with Crippen molar-refractivity contribution >= 4 is 69.1 Å². The van der Waals surface area contributed by atoms with E-state index in [1.807, 2.05) is 98.2 Å². The molecule has 0 spiro atoms. The molecule has 3 heterocycles. The van der Waals surface area contributed by atoms with Crippen LogP contribution in [-0.2, 0) is 5.21 Å². The summed E-state index contributed by atoms with van der Waals surface area (Å²) in [6.45, 7) is 7.91. The van der Waals surface area contributed by atoms with Gasteiger partial charge in [0.1, 0.15) is 15.3 Å². The average molecular weight is 523 g/mol. The molecule has 173 valence electrons. The fourth-order valence-electron chi connectivity index (χ4n) is 3.70. The third-order valence-corrected chi connectivity index (χ3v) is 12.1. The molecule has 2 aliphatic heterocycles. The van der Waals surface area contributed by atoms with Crippen molar-refractivity contribution in [2.24, 2.45) is 4.99 Å². The summed E-state index contributed by atoms with van der Waals surface area (Å²) in [6, 6.07) is 16.8. The standard InChI is InChI=1S/C27H26N2OS4/c1-26(2)27(3,4)29(30)23(28-26)21-13-9-19(10-14-21)6-5-18-7-11-20(12-8-18)22-17-33-25(34-22)24-31-15-16-32-24/h5-17,25H,1-4H3/q+1/b6-5+. The van der Waals surface area contributed by atoms with Crippen LogP contribution in [0.3, 0.4) is 0 Å². The number of amidine groups is 1. The lowest BCUT2D eigenvalue weighted by molar-refractivity contribution is -0.158. The van der Waals surface area contributed by atoms with Crippen LogP contribution < -0.4 is 0 Å². The van der Waals surface area contributed by atoms with Crippen molar-refractivity contribution < 1.29 is 5.21 Å². The first-order chi connectivity index (χ1) is 16.2. The molecule has 1 aromatic heterocycles. The highest BCUT2D eigenvalue weighted by Crippen LogP contribution is 2.56. The predicted octanol–water partition coefficient (Wildman–Crippen LogP) is 8.70. The Morgan fingerprint density at radius 1 is 0.941 bits per heavy atom. The van der Waals surface area contributed by atoms with Crippen LogP contribution in [0.1, 0.15) is 58.7 Å². The van der Waals surface area contributed by atoms with Gasteiger partial charge < -0.3 is 0 Å². The first-order valence-electron chi connectivity index (χ1n) is 11.1. The van der Waals surface area contributed by atoms with Crippen LogP contribution in [0, 0.1) is 0 Å². The lowest BCUT2D eigenvalue weighted by Gasteiger charge is -2.35. The molecule has 2 aliphatic rings. The molecular formula is C27H26N2OS4+. The highest BCUT2D eigenvalue weighted by atomic mass is 32.2. The number of thioether (sulfide) groups is 2. The summed E-state index contributed by atoms with van der Waals surface area (Å²) in [6.07, 6.45) is 4.23. The van der Waals surface area contributed by atoms with Gasteiger partial charge in [-0.15, -0.1) is 11.8 Å². The molecule has 0 saturated carbocycles. The van der Waals surface area contributed by atoms with Crippen molar-refractivity contribution in [2.75, 3.05) is 0 Å². The molecule has 1 radical (unpaired) electrons. The zero-order chi connectivity index (χ0) is 23.9. The van der Waals surface area contributed by atoms with E-state index >= 15 is 0 Å². The number of nitrogens with zero attached hydrogens (tertiary/aromatic N) is 2. The molecule has 1 atom stereocenters. The minimum atomic E-state index is -0.565. The van der Waals surface area contributed by atoms with Gasteiger partial charge in [-0.25, -0.2) is 0 Å². The minimum absolute atomic E-state index is 0.425. The van der Waals surface area contributed by atoms with Crippen LogP contribution in [0.15, 0.2) is 69.7 Å². The first-order valence-corrected chi connectivity index (χ1v) is 14.7. The van der Waals surface area contributed by atoms with Gasteiger partial charge in [-0.3, -0.25) is 4.99 Å². The van der Waals surface area contributed by atoms with Gasteiger partial charge in [-0.05, 0) is 49.8 Å². The molecule has 3 aromatic rings. The van der Waals surface area contributed by atoms with Crippen molar-refractivity contribution in [3.05, 3.63) is 91.1 Å². The quantitative estimate of drug-likeness (QED) is 0.248. The van der Waals surface area contributed by atoms with Gasteiger partial charge in [0.15, 0.2) is 5.84 Å². The molecule has 1 unspecified atom stereocenters. The molecule has 0 fully saturated rings. The maximum atomic E-state index is 12.8. The van der Waals surface area contributed by atoms with E-state index in [0.29, 0.717) is 10.4 Å². The summed E-state index contributed by atoms with van der Waals surface area (Å²) < 4.78 is 1.95. The van der Waals surface area contributed by atoms with Gasteiger partial charge in [0.25, 0.3) is 4.19 Å². The maximum absolute atomic E-state index is 12.8. The zero-order valence-corrected chi connectivity index (χ0v) is 22.8. The average Bonchev–Trinajstić information content (AvgIpc) is 3.56. The van der Waals surface area contributed by atoms with E-state index in [1.54, 1.807) is 0 Å². The van der Waals surface area contributed by atoms with Gasteiger partial charge in [0.2, 0.25) is 0 Å². The van der Waals surface area contributed by atoms with Crippen molar-refractivity contribution in [3.63, 3.8) is 0 Å². The van der Waals surface area contributed by atoms with E-state index in [4.69, 9.17) is 4.99 Å². The largest absolute Gasteiger partial charge is 0.277 e. The summed E-state index contributed by atoms with van der Waals surface area (Å²) in [7, 11) is 0. The van der Waals surface area contributed by atoms with E-state index in [-0.39, 0.29) is 0 Å². The summed E-state index contributed by atoms with van der Waals surface area (Å²) in [5.74, 6) is 0.514. The van der Waals surface area contributed by atoms with Crippen LogP contribution >= 0.6 is 46.2 Å². The van der Waals surface area contributed by atoms with Gasteiger partial charge in [0.05, 0.1) is 33.8 Å². The van der Waals surface area contributed by atoms with Gasteiger partial charge in [-0.1, -0.05) is 77.7 Å². The summed E-state index contributed by atoms with van der Waals surface area (Å²) in [4.78, 5) is 6.06. The fraction of sp³-hybridized carbons (Fsp3) is 0.259. The Kier molecular flexibility index (Phi) is 6.50. The Balaban J connectivity index is 1.24. The van der Waals surface area contributed by atoms with Crippen LogP contribution in [-0.4, -0.2) is 22.0 Å². The smallest absolute Gasteiger partial charge is 0.257 e. The Morgan fingerprint density at radius 3 is 2.09 bits per heavy atom. The van der Waals surface area contributed by atoms with E-state index in [9.17, 15) is 5.21 Å². The van der Waals surface area contributed by atoms with Crippen LogP contribution in [0.4, 0.5) is 0 Å². The molecule has 34 heavy (non-hydrogen) atoms. The SMILES string of the molecule is CC1(C)N=C(c2ccc(/C=C/c3ccc(C4=CSC(c5scc[s+]5)S4)cc3)cc2)N([O])C1(C)C. The van der Waals surface area contributed by atoms with Crippen LogP contribution in [0.25, 0.3) is 17.1 Å².